The predicted octanol–water partition coefficient (Wildman–Crippen LogP) is 3.99. The van der Waals surface area contributed by atoms with E-state index >= 15 is 0 Å². The number of ketones is 1. The van der Waals surface area contributed by atoms with Crippen molar-refractivity contribution in [1.82, 2.24) is 0 Å². The van der Waals surface area contributed by atoms with Crippen LogP contribution in [-0.4, -0.2) is 24.3 Å². The molecule has 3 rings (SSSR count). The van der Waals surface area contributed by atoms with E-state index in [9.17, 15) is 23.2 Å². The third-order valence-electron chi connectivity index (χ3n) is 4.82. The number of amides is 1. The number of rotatable bonds is 7. The Bertz CT molecular complexity index is 922. The Morgan fingerprint density at radius 1 is 0.931 bits per heavy atom. The Labute approximate surface area is 167 Å². The number of fused-ring (bicyclic) bond motifs is 1. The number of esters is 1. The first-order chi connectivity index (χ1) is 13.9. The first kappa shape index (κ1) is 20.6. The van der Waals surface area contributed by atoms with Crippen LogP contribution in [-0.2, 0) is 27.2 Å². The van der Waals surface area contributed by atoms with Gasteiger partial charge < -0.3 is 10.1 Å². The van der Waals surface area contributed by atoms with E-state index in [1.54, 1.807) is 6.07 Å². The van der Waals surface area contributed by atoms with Gasteiger partial charge in [0.1, 0.15) is 17.3 Å². The number of ether oxygens (including phenoxy) is 1. The second kappa shape index (κ2) is 9.41. The van der Waals surface area contributed by atoms with E-state index in [0.717, 1.165) is 37.8 Å². The van der Waals surface area contributed by atoms with Crippen LogP contribution in [0.2, 0.25) is 0 Å². The monoisotopic (exact) mass is 401 g/mol. The fourth-order valence-corrected chi connectivity index (χ4v) is 3.28. The van der Waals surface area contributed by atoms with E-state index in [-0.39, 0.29) is 18.6 Å². The number of hydrogen-bond donors (Lipinski definition) is 1. The van der Waals surface area contributed by atoms with Crippen molar-refractivity contribution in [3.63, 3.8) is 0 Å². The van der Waals surface area contributed by atoms with Gasteiger partial charge in [0, 0.05) is 12.0 Å². The van der Waals surface area contributed by atoms with Crippen LogP contribution < -0.4 is 5.32 Å². The van der Waals surface area contributed by atoms with E-state index in [4.69, 9.17) is 4.74 Å². The van der Waals surface area contributed by atoms with Crippen LogP contribution in [0.5, 0.6) is 0 Å². The highest BCUT2D eigenvalue weighted by Gasteiger charge is 2.16. The molecule has 1 amide bonds. The third-order valence-corrected chi connectivity index (χ3v) is 4.82. The molecule has 1 N–H and O–H groups in total. The van der Waals surface area contributed by atoms with Crippen LogP contribution in [0.25, 0.3) is 0 Å². The molecule has 0 unspecified atom stereocenters. The third kappa shape index (κ3) is 5.47. The Morgan fingerprint density at radius 2 is 1.62 bits per heavy atom. The zero-order chi connectivity index (χ0) is 20.8. The molecule has 0 heterocycles. The molecule has 0 atom stereocenters. The van der Waals surface area contributed by atoms with Gasteiger partial charge in [0.25, 0.3) is 5.91 Å². The summed E-state index contributed by atoms with van der Waals surface area (Å²) in [6.45, 7) is -0.695. The molecular formula is C22H21F2NO4. The summed E-state index contributed by atoms with van der Waals surface area (Å²) in [5.41, 5.74) is 2.41. The van der Waals surface area contributed by atoms with Crippen molar-refractivity contribution in [3.05, 3.63) is 64.7 Å². The Balaban J connectivity index is 1.45. The molecule has 0 saturated heterocycles. The highest BCUT2D eigenvalue weighted by atomic mass is 19.1. The maximum Gasteiger partial charge on any atom is 0.306 e. The van der Waals surface area contributed by atoms with E-state index in [1.165, 1.54) is 17.2 Å². The number of hydrogen-bond acceptors (Lipinski definition) is 4. The van der Waals surface area contributed by atoms with Crippen molar-refractivity contribution in [2.75, 3.05) is 11.9 Å². The molecule has 1 aliphatic carbocycles. The van der Waals surface area contributed by atoms with Crippen molar-refractivity contribution in [1.29, 1.82) is 0 Å². The molecule has 1 aliphatic rings. The maximum absolute atomic E-state index is 13.5. The molecular weight excluding hydrogens is 380 g/mol. The van der Waals surface area contributed by atoms with Crippen LogP contribution in [0.1, 0.15) is 47.2 Å². The van der Waals surface area contributed by atoms with Crippen molar-refractivity contribution < 1.29 is 27.9 Å². The summed E-state index contributed by atoms with van der Waals surface area (Å²) >= 11 is 0. The van der Waals surface area contributed by atoms with Crippen LogP contribution >= 0.6 is 0 Å². The summed E-state index contributed by atoms with van der Waals surface area (Å²) in [5, 5.41) is 2.02. The zero-order valence-electron chi connectivity index (χ0n) is 15.8. The van der Waals surface area contributed by atoms with Gasteiger partial charge in [-0.25, -0.2) is 8.78 Å². The van der Waals surface area contributed by atoms with Crippen LogP contribution in [0.15, 0.2) is 36.4 Å². The normalized spacial score (nSPS) is 12.8. The average Bonchev–Trinajstić information content (AvgIpc) is 2.72. The minimum Gasteiger partial charge on any atom is -0.456 e. The summed E-state index contributed by atoms with van der Waals surface area (Å²) in [6, 6.07) is 8.78. The van der Waals surface area contributed by atoms with E-state index in [1.807, 2.05) is 17.4 Å². The number of para-hydroxylation sites is 1. The highest BCUT2D eigenvalue weighted by Crippen LogP contribution is 2.23. The lowest BCUT2D eigenvalue weighted by atomic mass is 9.89. The van der Waals surface area contributed by atoms with E-state index < -0.39 is 35.8 Å². The molecule has 0 aromatic heterocycles. The SMILES string of the molecule is O=C(COC(=O)CCC(=O)c1ccc2c(c1)CCCC2)Nc1c(F)cccc1F. The topological polar surface area (TPSA) is 72.5 Å². The van der Waals surface area contributed by atoms with Gasteiger partial charge in [-0.1, -0.05) is 18.2 Å². The summed E-state index contributed by atoms with van der Waals surface area (Å²) in [5.74, 6) is -3.64. The number of Topliss-reactive ketones (excluding diaryl/α,β-unsaturated/α-hetero) is 1. The van der Waals surface area contributed by atoms with E-state index in [2.05, 4.69) is 0 Å². The lowest BCUT2D eigenvalue weighted by molar-refractivity contribution is -0.147. The minimum absolute atomic E-state index is 0.0405. The number of benzene rings is 2. The van der Waals surface area contributed by atoms with Crippen molar-refractivity contribution in [3.8, 4) is 0 Å². The molecule has 0 fully saturated rings. The molecule has 5 nitrogen and oxygen atoms in total. The number of nitrogens with one attached hydrogen (secondary N) is 1. The molecule has 0 spiro atoms. The average molecular weight is 401 g/mol. The fraction of sp³-hybridized carbons (Fsp3) is 0.318. The second-order valence-corrected chi connectivity index (χ2v) is 6.92. The van der Waals surface area contributed by atoms with Crippen molar-refractivity contribution in [2.45, 2.75) is 38.5 Å². The van der Waals surface area contributed by atoms with Crippen LogP contribution in [0.4, 0.5) is 14.5 Å². The van der Waals surface area contributed by atoms with Crippen molar-refractivity contribution >= 4 is 23.3 Å². The molecule has 2 aromatic carbocycles. The second-order valence-electron chi connectivity index (χ2n) is 6.92. The van der Waals surface area contributed by atoms with Gasteiger partial charge >= 0.3 is 5.97 Å². The number of halogens is 2. The molecule has 152 valence electrons. The number of carbonyl (C=O) groups is 3. The van der Waals surface area contributed by atoms with Gasteiger partial charge in [0.05, 0.1) is 6.42 Å². The van der Waals surface area contributed by atoms with Crippen LogP contribution in [0, 0.1) is 11.6 Å². The van der Waals surface area contributed by atoms with Gasteiger partial charge in [-0.3, -0.25) is 14.4 Å². The standard InChI is InChI=1S/C22H21F2NO4/c23-17-6-3-7-18(24)22(17)25-20(27)13-29-21(28)11-10-19(26)16-9-8-14-4-1-2-5-15(14)12-16/h3,6-9,12H,1-2,4-5,10-11,13H2,(H,25,27). The lowest BCUT2D eigenvalue weighted by Gasteiger charge is -2.16. The number of carbonyl (C=O) groups excluding carboxylic acids is 3. The van der Waals surface area contributed by atoms with Gasteiger partial charge in [0.2, 0.25) is 0 Å². The summed E-state index contributed by atoms with van der Waals surface area (Å²) in [4.78, 5) is 35.8. The molecule has 0 bridgehead atoms. The minimum atomic E-state index is -0.930. The predicted molar refractivity (Wildman–Crippen MR) is 103 cm³/mol. The maximum atomic E-state index is 13.5. The smallest absolute Gasteiger partial charge is 0.306 e. The molecule has 7 heteroatoms. The summed E-state index contributed by atoms with van der Waals surface area (Å²) < 4.78 is 31.8. The molecule has 29 heavy (non-hydrogen) atoms. The number of aryl methyl sites for hydroxylation is 2. The summed E-state index contributed by atoms with van der Waals surface area (Å²) in [7, 11) is 0. The van der Waals surface area contributed by atoms with Gasteiger partial charge in [-0.15, -0.1) is 0 Å². The van der Waals surface area contributed by atoms with Gasteiger partial charge in [-0.2, -0.15) is 0 Å². The first-order valence-electron chi connectivity index (χ1n) is 9.48. The Morgan fingerprint density at radius 3 is 2.34 bits per heavy atom. The largest absolute Gasteiger partial charge is 0.456 e. The first-order valence-corrected chi connectivity index (χ1v) is 9.48. The molecule has 2 aromatic rings. The number of anilines is 1. The van der Waals surface area contributed by atoms with Crippen molar-refractivity contribution in [2.24, 2.45) is 0 Å². The Kier molecular flexibility index (Phi) is 6.69. The zero-order valence-corrected chi connectivity index (χ0v) is 15.8. The highest BCUT2D eigenvalue weighted by molar-refractivity contribution is 5.98. The quantitative estimate of drug-likeness (QED) is 0.563. The fourth-order valence-electron chi connectivity index (χ4n) is 3.28. The van der Waals surface area contributed by atoms with Gasteiger partial charge in [-0.05, 0) is 55.0 Å². The summed E-state index contributed by atoms with van der Waals surface area (Å²) in [6.07, 6.45) is 4.02. The lowest BCUT2D eigenvalue weighted by Crippen LogP contribution is -2.22. The Hall–Kier alpha value is -3.09. The van der Waals surface area contributed by atoms with Gasteiger partial charge in [0.15, 0.2) is 12.4 Å². The molecule has 0 radical (unpaired) electrons. The molecule has 0 saturated carbocycles. The van der Waals surface area contributed by atoms with E-state index in [0.29, 0.717) is 5.56 Å². The van der Waals surface area contributed by atoms with Crippen LogP contribution in [0.3, 0.4) is 0 Å². The molecule has 0 aliphatic heterocycles.